The first-order valence-electron chi connectivity index (χ1n) is 7.01. The van der Waals surface area contributed by atoms with Crippen LogP contribution in [0, 0.1) is 20.8 Å². The van der Waals surface area contributed by atoms with Gasteiger partial charge in [-0.3, -0.25) is 4.90 Å². The zero-order valence-electron chi connectivity index (χ0n) is 12.2. The number of benzene rings is 1. The molecule has 0 spiro atoms. The van der Waals surface area contributed by atoms with Crippen LogP contribution in [-0.2, 0) is 6.54 Å². The van der Waals surface area contributed by atoms with Crippen LogP contribution in [0.15, 0.2) is 12.1 Å². The molecule has 2 heteroatoms. The summed E-state index contributed by atoms with van der Waals surface area (Å²) in [5, 5.41) is 0. The van der Waals surface area contributed by atoms with Gasteiger partial charge < -0.3 is 5.73 Å². The zero-order chi connectivity index (χ0) is 13.3. The van der Waals surface area contributed by atoms with Gasteiger partial charge in [-0.15, -0.1) is 0 Å². The maximum absolute atomic E-state index is 6.19. The minimum absolute atomic E-state index is 0.362. The summed E-state index contributed by atoms with van der Waals surface area (Å²) >= 11 is 0. The highest BCUT2D eigenvalue weighted by molar-refractivity contribution is 5.37. The van der Waals surface area contributed by atoms with Crippen molar-refractivity contribution in [1.29, 1.82) is 0 Å². The molecule has 2 nitrogen and oxygen atoms in total. The molecule has 18 heavy (non-hydrogen) atoms. The van der Waals surface area contributed by atoms with Gasteiger partial charge in [-0.05, 0) is 57.4 Å². The first-order valence-corrected chi connectivity index (χ1v) is 7.01. The average molecular weight is 246 g/mol. The lowest BCUT2D eigenvalue weighted by molar-refractivity contribution is 0.220. The third-order valence-electron chi connectivity index (χ3n) is 4.35. The van der Waals surface area contributed by atoms with Gasteiger partial charge in [0.05, 0.1) is 0 Å². The molecule has 0 heterocycles. The second-order valence-corrected chi connectivity index (χ2v) is 5.95. The molecule has 0 radical (unpaired) electrons. The predicted octanol–water partition coefficient (Wildman–Crippen LogP) is 2.92. The summed E-state index contributed by atoms with van der Waals surface area (Å²) in [4.78, 5) is 2.45. The van der Waals surface area contributed by atoms with Gasteiger partial charge in [-0.25, -0.2) is 0 Å². The molecular weight excluding hydrogens is 220 g/mol. The lowest BCUT2D eigenvalue weighted by Crippen LogP contribution is -2.41. The Morgan fingerprint density at radius 3 is 2.28 bits per heavy atom. The summed E-state index contributed by atoms with van der Waals surface area (Å²) < 4.78 is 0. The highest BCUT2D eigenvalue weighted by Gasteiger charge is 2.27. The number of likely N-dealkylation sites (N-methyl/N-ethyl adjacent to an activating group) is 1. The molecule has 0 saturated heterocycles. The van der Waals surface area contributed by atoms with Crippen LogP contribution in [-0.4, -0.2) is 24.0 Å². The van der Waals surface area contributed by atoms with Gasteiger partial charge in [0.2, 0.25) is 0 Å². The zero-order valence-corrected chi connectivity index (χ0v) is 12.2. The predicted molar refractivity (Wildman–Crippen MR) is 77.7 cm³/mol. The minimum atomic E-state index is 0.362. The van der Waals surface area contributed by atoms with Gasteiger partial charge in [0.1, 0.15) is 0 Å². The Morgan fingerprint density at radius 2 is 1.78 bits per heavy atom. The standard InChI is InChI=1S/C16H26N2/c1-11-8-12(2)14(13(3)9-11)10-18(4)16-7-5-6-15(16)17/h8-9,15-16H,5-7,10,17H2,1-4H3. The molecule has 1 aromatic rings. The van der Waals surface area contributed by atoms with Crippen molar-refractivity contribution >= 4 is 0 Å². The van der Waals surface area contributed by atoms with E-state index in [1.165, 1.54) is 41.5 Å². The Balaban J connectivity index is 2.14. The molecule has 2 unspecified atom stereocenters. The third kappa shape index (κ3) is 2.76. The van der Waals surface area contributed by atoms with Gasteiger partial charge in [-0.1, -0.05) is 24.1 Å². The molecule has 1 aliphatic carbocycles. The summed E-state index contributed by atoms with van der Waals surface area (Å²) in [5.41, 5.74) is 11.8. The SMILES string of the molecule is Cc1cc(C)c(CN(C)C2CCCC2N)c(C)c1. The molecule has 1 fully saturated rings. The second-order valence-electron chi connectivity index (χ2n) is 5.95. The monoisotopic (exact) mass is 246 g/mol. The van der Waals surface area contributed by atoms with Gasteiger partial charge in [0, 0.05) is 18.6 Å². The van der Waals surface area contributed by atoms with E-state index in [1.54, 1.807) is 0 Å². The topological polar surface area (TPSA) is 29.3 Å². The van der Waals surface area contributed by atoms with E-state index in [9.17, 15) is 0 Å². The fraction of sp³-hybridized carbons (Fsp3) is 0.625. The molecule has 0 bridgehead atoms. The van der Waals surface area contributed by atoms with Crippen molar-refractivity contribution < 1.29 is 0 Å². The van der Waals surface area contributed by atoms with Crippen molar-refractivity contribution in [1.82, 2.24) is 4.90 Å². The van der Waals surface area contributed by atoms with Gasteiger partial charge >= 0.3 is 0 Å². The number of hydrogen-bond donors (Lipinski definition) is 1. The molecule has 1 aliphatic rings. The Kier molecular flexibility index (Phi) is 4.08. The van der Waals surface area contributed by atoms with Crippen LogP contribution >= 0.6 is 0 Å². The Bertz CT molecular complexity index is 402. The third-order valence-corrected chi connectivity index (χ3v) is 4.35. The van der Waals surface area contributed by atoms with Crippen molar-refractivity contribution in [3.63, 3.8) is 0 Å². The van der Waals surface area contributed by atoms with Crippen LogP contribution in [0.1, 0.15) is 41.5 Å². The van der Waals surface area contributed by atoms with Gasteiger partial charge in [-0.2, -0.15) is 0 Å². The maximum atomic E-state index is 6.19. The number of hydrogen-bond acceptors (Lipinski definition) is 2. The number of nitrogens with zero attached hydrogens (tertiary/aromatic N) is 1. The van der Waals surface area contributed by atoms with Crippen LogP contribution in [0.3, 0.4) is 0 Å². The molecule has 100 valence electrons. The number of aryl methyl sites for hydroxylation is 3. The van der Waals surface area contributed by atoms with Crippen LogP contribution in [0.2, 0.25) is 0 Å². The molecule has 1 saturated carbocycles. The minimum Gasteiger partial charge on any atom is -0.326 e. The van der Waals surface area contributed by atoms with E-state index < -0.39 is 0 Å². The lowest BCUT2D eigenvalue weighted by atomic mass is 9.98. The average Bonchev–Trinajstić information content (AvgIpc) is 2.69. The second kappa shape index (κ2) is 5.41. The molecule has 2 N–H and O–H groups in total. The normalized spacial score (nSPS) is 23.9. The Hall–Kier alpha value is -0.860. The van der Waals surface area contributed by atoms with Crippen molar-refractivity contribution in [2.75, 3.05) is 7.05 Å². The molecule has 2 atom stereocenters. The quantitative estimate of drug-likeness (QED) is 0.888. The number of rotatable bonds is 3. The van der Waals surface area contributed by atoms with Crippen molar-refractivity contribution in [2.24, 2.45) is 5.73 Å². The van der Waals surface area contributed by atoms with Crippen molar-refractivity contribution in [2.45, 2.75) is 58.7 Å². The summed E-state index contributed by atoms with van der Waals surface area (Å²) in [7, 11) is 2.22. The van der Waals surface area contributed by atoms with E-state index in [4.69, 9.17) is 5.73 Å². The van der Waals surface area contributed by atoms with Crippen LogP contribution in [0.25, 0.3) is 0 Å². The molecule has 1 aromatic carbocycles. The first kappa shape index (κ1) is 13.6. The van der Waals surface area contributed by atoms with Crippen molar-refractivity contribution in [3.8, 4) is 0 Å². The molecule has 0 aromatic heterocycles. The van der Waals surface area contributed by atoms with E-state index in [2.05, 4.69) is 44.9 Å². The smallest absolute Gasteiger partial charge is 0.0247 e. The summed E-state index contributed by atoms with van der Waals surface area (Å²) in [5.74, 6) is 0. The lowest BCUT2D eigenvalue weighted by Gasteiger charge is -2.29. The van der Waals surface area contributed by atoms with E-state index in [0.29, 0.717) is 12.1 Å². The largest absolute Gasteiger partial charge is 0.326 e. The fourth-order valence-corrected chi connectivity index (χ4v) is 3.34. The van der Waals surface area contributed by atoms with E-state index in [0.717, 1.165) is 6.54 Å². The van der Waals surface area contributed by atoms with E-state index in [-0.39, 0.29) is 0 Å². The van der Waals surface area contributed by atoms with Gasteiger partial charge in [0.25, 0.3) is 0 Å². The van der Waals surface area contributed by atoms with Crippen LogP contribution in [0.4, 0.5) is 0 Å². The highest BCUT2D eigenvalue weighted by atomic mass is 15.1. The van der Waals surface area contributed by atoms with Crippen LogP contribution in [0.5, 0.6) is 0 Å². The Morgan fingerprint density at radius 1 is 1.17 bits per heavy atom. The summed E-state index contributed by atoms with van der Waals surface area (Å²) in [6, 6.07) is 5.49. The van der Waals surface area contributed by atoms with E-state index >= 15 is 0 Å². The molecular formula is C16H26N2. The number of nitrogens with two attached hydrogens (primary N) is 1. The van der Waals surface area contributed by atoms with Crippen molar-refractivity contribution in [3.05, 3.63) is 34.4 Å². The van der Waals surface area contributed by atoms with Crippen LogP contribution < -0.4 is 5.73 Å². The molecule has 2 rings (SSSR count). The van der Waals surface area contributed by atoms with E-state index in [1.807, 2.05) is 0 Å². The summed E-state index contributed by atoms with van der Waals surface area (Å²) in [6.07, 6.45) is 3.71. The molecule has 0 aliphatic heterocycles. The fourth-order valence-electron chi connectivity index (χ4n) is 3.34. The van der Waals surface area contributed by atoms with Gasteiger partial charge in [0.15, 0.2) is 0 Å². The Labute approximate surface area is 111 Å². The highest BCUT2D eigenvalue weighted by Crippen LogP contribution is 2.25. The first-order chi connectivity index (χ1) is 8.49. The maximum Gasteiger partial charge on any atom is 0.0247 e. The molecule has 0 amide bonds. The summed E-state index contributed by atoms with van der Waals surface area (Å²) in [6.45, 7) is 7.63.